The highest BCUT2D eigenvalue weighted by Crippen LogP contribution is 2.53. The van der Waals surface area contributed by atoms with Crippen LogP contribution in [0.4, 0.5) is 0 Å². The first-order valence-electron chi connectivity index (χ1n) is 9.48. The van der Waals surface area contributed by atoms with Crippen molar-refractivity contribution >= 4 is 43.1 Å². The van der Waals surface area contributed by atoms with Crippen LogP contribution < -0.4 is 0 Å². The van der Waals surface area contributed by atoms with Gasteiger partial charge in [-0.1, -0.05) is 78.3 Å². The van der Waals surface area contributed by atoms with Crippen LogP contribution in [0.2, 0.25) is 5.02 Å². The van der Waals surface area contributed by atoms with Crippen LogP contribution in [0.1, 0.15) is 23.6 Å². The summed E-state index contributed by atoms with van der Waals surface area (Å²) in [6, 6.07) is 30.7. The molecule has 0 saturated heterocycles. The fourth-order valence-corrected chi connectivity index (χ4v) is 6.36. The highest BCUT2D eigenvalue weighted by Gasteiger charge is 2.40. The lowest BCUT2D eigenvalue weighted by Crippen LogP contribution is -2.22. The Morgan fingerprint density at radius 1 is 0.714 bits per heavy atom. The van der Waals surface area contributed by atoms with Crippen molar-refractivity contribution in [3.8, 4) is 11.1 Å². The molecule has 5 aromatic rings. The summed E-state index contributed by atoms with van der Waals surface area (Å²) in [6.07, 6.45) is 0. The molecule has 134 valence electrons. The first kappa shape index (κ1) is 16.4. The van der Waals surface area contributed by atoms with Gasteiger partial charge >= 0.3 is 0 Å². The van der Waals surface area contributed by atoms with Gasteiger partial charge in [0.15, 0.2) is 0 Å². The fourth-order valence-electron chi connectivity index (χ4n) is 4.86. The molecule has 28 heavy (non-hydrogen) atoms. The number of halogens is 1. The predicted octanol–water partition coefficient (Wildman–Crippen LogP) is 8.04. The van der Waals surface area contributed by atoms with Crippen LogP contribution >= 0.6 is 22.9 Å². The molecule has 0 fully saturated rings. The van der Waals surface area contributed by atoms with Crippen molar-refractivity contribution in [1.82, 2.24) is 0 Å². The summed E-state index contributed by atoms with van der Waals surface area (Å²) >= 11 is 8.34. The van der Waals surface area contributed by atoms with E-state index in [0.29, 0.717) is 0 Å². The van der Waals surface area contributed by atoms with Crippen molar-refractivity contribution in [3.63, 3.8) is 0 Å². The van der Waals surface area contributed by atoms with Crippen LogP contribution in [0, 0.1) is 0 Å². The Bertz CT molecular complexity index is 1350. The molecule has 0 nitrogen and oxygen atoms in total. The van der Waals surface area contributed by atoms with E-state index < -0.39 is 0 Å². The largest absolute Gasteiger partial charge is 0.135 e. The highest BCUT2D eigenvalue weighted by atomic mass is 35.5. The van der Waals surface area contributed by atoms with Crippen molar-refractivity contribution in [2.45, 2.75) is 12.3 Å². The van der Waals surface area contributed by atoms with E-state index in [1.54, 1.807) is 0 Å². The molecular formula is C26H17ClS. The van der Waals surface area contributed by atoms with Gasteiger partial charge in [0.05, 0.1) is 0 Å². The van der Waals surface area contributed by atoms with E-state index in [0.717, 1.165) is 5.02 Å². The third-order valence-corrected chi connectivity index (χ3v) is 7.68. The van der Waals surface area contributed by atoms with E-state index >= 15 is 0 Å². The van der Waals surface area contributed by atoms with Gasteiger partial charge in [0.1, 0.15) is 0 Å². The molecule has 0 atom stereocenters. The zero-order valence-electron chi connectivity index (χ0n) is 15.4. The quantitative estimate of drug-likeness (QED) is 0.269. The number of benzene rings is 4. The Balaban J connectivity index is 1.67. The minimum atomic E-state index is -0.151. The average Bonchev–Trinajstić information content (AvgIpc) is 3.23. The lowest BCUT2D eigenvalue weighted by molar-refractivity contribution is 0.715. The van der Waals surface area contributed by atoms with E-state index in [-0.39, 0.29) is 5.41 Å². The van der Waals surface area contributed by atoms with Crippen molar-refractivity contribution in [1.29, 1.82) is 0 Å². The number of fused-ring (bicyclic) bond motifs is 6. The van der Waals surface area contributed by atoms with Gasteiger partial charge in [0.2, 0.25) is 0 Å². The first-order valence-corrected chi connectivity index (χ1v) is 10.7. The summed E-state index contributed by atoms with van der Waals surface area (Å²) in [7, 11) is 0. The van der Waals surface area contributed by atoms with Gasteiger partial charge in [-0.25, -0.2) is 0 Å². The summed E-state index contributed by atoms with van der Waals surface area (Å²) in [5.41, 5.74) is 6.64. The normalized spacial score (nSPS) is 14.4. The molecule has 4 aromatic carbocycles. The predicted molar refractivity (Wildman–Crippen MR) is 122 cm³/mol. The van der Waals surface area contributed by atoms with Crippen LogP contribution in [-0.2, 0) is 5.41 Å². The molecular weight excluding hydrogens is 380 g/mol. The molecule has 0 radical (unpaired) electrons. The molecule has 1 heterocycles. The van der Waals surface area contributed by atoms with Crippen LogP contribution in [0.15, 0.2) is 84.9 Å². The first-order chi connectivity index (χ1) is 13.7. The second kappa shape index (κ2) is 5.70. The Morgan fingerprint density at radius 3 is 2.11 bits per heavy atom. The van der Waals surface area contributed by atoms with Crippen LogP contribution in [0.3, 0.4) is 0 Å². The highest BCUT2D eigenvalue weighted by molar-refractivity contribution is 7.26. The maximum Gasteiger partial charge on any atom is 0.0499 e. The topological polar surface area (TPSA) is 0 Å². The zero-order valence-corrected chi connectivity index (χ0v) is 16.9. The molecule has 0 aliphatic heterocycles. The molecule has 0 amide bonds. The molecule has 0 saturated carbocycles. The van der Waals surface area contributed by atoms with E-state index in [4.69, 9.17) is 11.6 Å². The second-order valence-electron chi connectivity index (χ2n) is 7.64. The lowest BCUT2D eigenvalue weighted by atomic mass is 9.74. The average molecular weight is 397 g/mol. The van der Waals surface area contributed by atoms with Gasteiger partial charge in [-0.05, 0) is 52.9 Å². The lowest BCUT2D eigenvalue weighted by Gasteiger charge is -2.28. The van der Waals surface area contributed by atoms with E-state index in [1.807, 2.05) is 23.5 Å². The molecule has 0 bridgehead atoms. The summed E-state index contributed by atoms with van der Waals surface area (Å²) in [6.45, 7) is 2.36. The standard InChI is InChI=1S/C26H17ClS/c1-26(20-9-4-2-7-17(20)18-8-3-5-10-21(18)26)16-13-14-19-24(15-16)28-23-12-6-11-22(27)25(19)23/h2-15H,1H3. The number of hydrogen-bond donors (Lipinski definition) is 0. The van der Waals surface area contributed by atoms with Crippen molar-refractivity contribution in [3.05, 3.63) is 107 Å². The Hall–Kier alpha value is -2.61. The smallest absolute Gasteiger partial charge is 0.0499 e. The molecule has 1 aliphatic rings. The SMILES string of the molecule is CC1(c2ccc3c(c2)sc2cccc(Cl)c23)c2ccccc2-c2ccccc21. The maximum atomic E-state index is 6.51. The van der Waals surface area contributed by atoms with Crippen LogP contribution in [-0.4, -0.2) is 0 Å². The van der Waals surface area contributed by atoms with Crippen LogP contribution in [0.25, 0.3) is 31.3 Å². The zero-order chi connectivity index (χ0) is 18.9. The minimum absolute atomic E-state index is 0.151. The molecule has 6 rings (SSSR count). The Kier molecular flexibility index (Phi) is 3.33. The second-order valence-corrected chi connectivity index (χ2v) is 9.13. The number of hydrogen-bond acceptors (Lipinski definition) is 1. The minimum Gasteiger partial charge on any atom is -0.135 e. The maximum absolute atomic E-state index is 6.51. The van der Waals surface area contributed by atoms with Gasteiger partial charge in [0, 0.05) is 30.6 Å². The third kappa shape index (κ3) is 2.01. The van der Waals surface area contributed by atoms with Gasteiger partial charge in [0.25, 0.3) is 0 Å². The summed E-state index contributed by atoms with van der Waals surface area (Å²) in [5.74, 6) is 0. The Labute approximate surface area is 173 Å². The van der Waals surface area contributed by atoms with Gasteiger partial charge in [-0.15, -0.1) is 11.3 Å². The molecule has 0 unspecified atom stereocenters. The van der Waals surface area contributed by atoms with E-state index in [1.165, 1.54) is 48.0 Å². The molecule has 0 N–H and O–H groups in total. The van der Waals surface area contributed by atoms with Crippen molar-refractivity contribution < 1.29 is 0 Å². The molecule has 1 aliphatic carbocycles. The van der Waals surface area contributed by atoms with Crippen molar-refractivity contribution in [2.24, 2.45) is 0 Å². The summed E-state index contributed by atoms with van der Waals surface area (Å²) < 4.78 is 2.54. The van der Waals surface area contributed by atoms with Gasteiger partial charge in [-0.3, -0.25) is 0 Å². The third-order valence-electron chi connectivity index (χ3n) is 6.25. The monoisotopic (exact) mass is 396 g/mol. The summed E-state index contributed by atoms with van der Waals surface area (Å²) in [5, 5.41) is 3.25. The molecule has 1 aromatic heterocycles. The van der Waals surface area contributed by atoms with Gasteiger partial charge < -0.3 is 0 Å². The molecule has 0 spiro atoms. The molecule has 2 heteroatoms. The Morgan fingerprint density at radius 2 is 1.39 bits per heavy atom. The van der Waals surface area contributed by atoms with E-state index in [9.17, 15) is 0 Å². The van der Waals surface area contributed by atoms with E-state index in [2.05, 4.69) is 79.7 Å². The van der Waals surface area contributed by atoms with Crippen molar-refractivity contribution in [2.75, 3.05) is 0 Å². The summed E-state index contributed by atoms with van der Waals surface area (Å²) in [4.78, 5) is 0. The van der Waals surface area contributed by atoms with Crippen LogP contribution in [0.5, 0.6) is 0 Å². The number of rotatable bonds is 1. The number of thiophene rings is 1. The van der Waals surface area contributed by atoms with Gasteiger partial charge in [-0.2, -0.15) is 0 Å². The fraction of sp³-hybridized carbons (Fsp3) is 0.0769.